The fraction of sp³-hybridized carbons (Fsp3) is 0.923. The molecule has 0 aromatic carbocycles. The molecule has 0 fully saturated rings. The van der Waals surface area contributed by atoms with Crippen LogP contribution in [0, 0.1) is 5.92 Å². The summed E-state index contributed by atoms with van der Waals surface area (Å²) in [7, 11) is 3.69. The fourth-order valence-electron chi connectivity index (χ4n) is 1.75. The van der Waals surface area contributed by atoms with Gasteiger partial charge in [0.15, 0.2) is 5.96 Å². The standard InChI is InChI=1S/C13H29N3.HI/c1-5-6-7-8-9-10-12(2)11-16-13(14-3)15-4;/h12H,5-11H2,1-4H3,(H2,14,15,16);1H. The molecule has 0 saturated carbocycles. The molecule has 0 aliphatic carbocycles. The summed E-state index contributed by atoms with van der Waals surface area (Å²) in [6.45, 7) is 5.58. The molecule has 17 heavy (non-hydrogen) atoms. The van der Waals surface area contributed by atoms with Crippen LogP contribution in [0.2, 0.25) is 0 Å². The molecular weight excluding hydrogens is 325 g/mol. The number of hydrogen-bond acceptors (Lipinski definition) is 1. The molecule has 2 N–H and O–H groups in total. The lowest BCUT2D eigenvalue weighted by atomic mass is 10.0. The average Bonchev–Trinajstić information content (AvgIpc) is 2.30. The molecule has 0 radical (unpaired) electrons. The second kappa shape index (κ2) is 14.1. The highest BCUT2D eigenvalue weighted by Gasteiger charge is 2.02. The summed E-state index contributed by atoms with van der Waals surface area (Å²) in [4.78, 5) is 4.09. The summed E-state index contributed by atoms with van der Waals surface area (Å²) in [6.07, 6.45) is 8.18. The van der Waals surface area contributed by atoms with Gasteiger partial charge in [0.1, 0.15) is 0 Å². The third-order valence-corrected chi connectivity index (χ3v) is 2.88. The van der Waals surface area contributed by atoms with Crippen molar-refractivity contribution >= 4 is 29.9 Å². The lowest BCUT2D eigenvalue weighted by Crippen LogP contribution is -2.37. The molecule has 0 aliphatic rings. The Morgan fingerprint density at radius 1 is 1.18 bits per heavy atom. The molecule has 0 amide bonds. The maximum Gasteiger partial charge on any atom is 0.190 e. The van der Waals surface area contributed by atoms with Crippen molar-refractivity contribution in [2.45, 2.75) is 52.4 Å². The smallest absolute Gasteiger partial charge is 0.190 e. The molecule has 0 aliphatic heterocycles. The van der Waals surface area contributed by atoms with Crippen molar-refractivity contribution in [2.24, 2.45) is 10.9 Å². The van der Waals surface area contributed by atoms with Gasteiger partial charge < -0.3 is 10.6 Å². The third-order valence-electron chi connectivity index (χ3n) is 2.88. The van der Waals surface area contributed by atoms with Gasteiger partial charge >= 0.3 is 0 Å². The van der Waals surface area contributed by atoms with Crippen molar-refractivity contribution in [3.05, 3.63) is 0 Å². The summed E-state index contributed by atoms with van der Waals surface area (Å²) in [5.41, 5.74) is 0. The molecule has 104 valence electrons. The van der Waals surface area contributed by atoms with Gasteiger partial charge in [-0.1, -0.05) is 46.0 Å². The number of unbranched alkanes of at least 4 members (excludes halogenated alkanes) is 4. The summed E-state index contributed by atoms with van der Waals surface area (Å²) in [5, 5.41) is 6.34. The fourth-order valence-corrected chi connectivity index (χ4v) is 1.75. The van der Waals surface area contributed by atoms with Crippen LogP contribution in [0.1, 0.15) is 52.4 Å². The highest BCUT2D eigenvalue weighted by molar-refractivity contribution is 14.0. The molecule has 0 aromatic heterocycles. The van der Waals surface area contributed by atoms with Crippen LogP contribution in [0.25, 0.3) is 0 Å². The van der Waals surface area contributed by atoms with Crippen molar-refractivity contribution in [1.29, 1.82) is 0 Å². The predicted octanol–water partition coefficient (Wildman–Crippen LogP) is 3.40. The van der Waals surface area contributed by atoms with Crippen LogP contribution in [0.3, 0.4) is 0 Å². The average molecular weight is 355 g/mol. The van der Waals surface area contributed by atoms with Gasteiger partial charge in [0.05, 0.1) is 0 Å². The summed E-state index contributed by atoms with van der Waals surface area (Å²) < 4.78 is 0. The van der Waals surface area contributed by atoms with Crippen molar-refractivity contribution in [3.63, 3.8) is 0 Å². The third kappa shape index (κ3) is 12.2. The molecule has 3 nitrogen and oxygen atoms in total. The Labute approximate surface area is 124 Å². The quantitative estimate of drug-likeness (QED) is 0.303. The van der Waals surface area contributed by atoms with E-state index in [-0.39, 0.29) is 24.0 Å². The van der Waals surface area contributed by atoms with Crippen LogP contribution in [0.4, 0.5) is 0 Å². The van der Waals surface area contributed by atoms with E-state index in [1.54, 1.807) is 7.05 Å². The van der Waals surface area contributed by atoms with E-state index < -0.39 is 0 Å². The normalized spacial score (nSPS) is 12.8. The minimum Gasteiger partial charge on any atom is -0.359 e. The van der Waals surface area contributed by atoms with Gasteiger partial charge in [-0.05, 0) is 12.3 Å². The first-order valence-corrected chi connectivity index (χ1v) is 6.63. The number of aliphatic imine (C=N–C) groups is 1. The minimum atomic E-state index is 0. The van der Waals surface area contributed by atoms with Crippen LogP contribution in [0.15, 0.2) is 4.99 Å². The maximum absolute atomic E-state index is 4.09. The predicted molar refractivity (Wildman–Crippen MR) is 88.4 cm³/mol. The van der Waals surface area contributed by atoms with E-state index in [2.05, 4.69) is 29.5 Å². The molecule has 0 rings (SSSR count). The Morgan fingerprint density at radius 2 is 1.82 bits per heavy atom. The number of guanidine groups is 1. The first-order valence-electron chi connectivity index (χ1n) is 6.63. The zero-order valence-electron chi connectivity index (χ0n) is 11.9. The minimum absolute atomic E-state index is 0. The Balaban J connectivity index is 0. The number of hydrogen-bond donors (Lipinski definition) is 2. The second-order valence-electron chi connectivity index (χ2n) is 4.51. The Kier molecular flexibility index (Phi) is 16.0. The topological polar surface area (TPSA) is 36.4 Å². The van der Waals surface area contributed by atoms with Crippen molar-refractivity contribution in [2.75, 3.05) is 20.6 Å². The van der Waals surface area contributed by atoms with E-state index in [9.17, 15) is 0 Å². The second-order valence-corrected chi connectivity index (χ2v) is 4.51. The monoisotopic (exact) mass is 355 g/mol. The highest BCUT2D eigenvalue weighted by atomic mass is 127. The summed E-state index contributed by atoms with van der Waals surface area (Å²) in [6, 6.07) is 0. The van der Waals surface area contributed by atoms with Crippen LogP contribution in [0.5, 0.6) is 0 Å². The molecule has 0 bridgehead atoms. The molecule has 0 saturated heterocycles. The molecule has 0 heterocycles. The van der Waals surface area contributed by atoms with Crippen LogP contribution < -0.4 is 10.6 Å². The van der Waals surface area contributed by atoms with Gasteiger partial charge in [0.2, 0.25) is 0 Å². The van der Waals surface area contributed by atoms with Crippen molar-refractivity contribution in [1.82, 2.24) is 10.6 Å². The van der Waals surface area contributed by atoms with E-state index in [4.69, 9.17) is 0 Å². The molecule has 1 unspecified atom stereocenters. The molecule has 0 spiro atoms. The van der Waals surface area contributed by atoms with Crippen molar-refractivity contribution in [3.8, 4) is 0 Å². The van der Waals surface area contributed by atoms with Gasteiger partial charge in [0, 0.05) is 20.6 Å². The van der Waals surface area contributed by atoms with Crippen LogP contribution in [-0.4, -0.2) is 26.6 Å². The Bertz CT molecular complexity index is 184. The largest absolute Gasteiger partial charge is 0.359 e. The number of nitrogens with zero attached hydrogens (tertiary/aromatic N) is 1. The van der Waals surface area contributed by atoms with Gasteiger partial charge in [0.25, 0.3) is 0 Å². The lowest BCUT2D eigenvalue weighted by Gasteiger charge is -2.14. The molecular formula is C13H30IN3. The van der Waals surface area contributed by atoms with E-state index in [0.717, 1.165) is 18.4 Å². The van der Waals surface area contributed by atoms with E-state index in [0.29, 0.717) is 0 Å². The lowest BCUT2D eigenvalue weighted by molar-refractivity contribution is 0.477. The van der Waals surface area contributed by atoms with Gasteiger partial charge in [-0.25, -0.2) is 0 Å². The first-order chi connectivity index (χ1) is 7.74. The molecule has 4 heteroatoms. The van der Waals surface area contributed by atoms with Crippen molar-refractivity contribution < 1.29 is 0 Å². The zero-order chi connectivity index (χ0) is 12.2. The maximum atomic E-state index is 4.09. The van der Waals surface area contributed by atoms with E-state index >= 15 is 0 Å². The van der Waals surface area contributed by atoms with E-state index in [1.165, 1.54) is 38.5 Å². The SMILES string of the molecule is CCCCCCCC(C)CNC(=NC)NC.I. The summed E-state index contributed by atoms with van der Waals surface area (Å²) >= 11 is 0. The van der Waals surface area contributed by atoms with Gasteiger partial charge in [-0.3, -0.25) is 4.99 Å². The van der Waals surface area contributed by atoms with Crippen LogP contribution >= 0.6 is 24.0 Å². The summed E-state index contributed by atoms with van der Waals surface area (Å²) in [5.74, 6) is 1.62. The number of rotatable bonds is 8. The molecule has 1 atom stereocenters. The van der Waals surface area contributed by atoms with Gasteiger partial charge in [-0.2, -0.15) is 0 Å². The zero-order valence-corrected chi connectivity index (χ0v) is 14.2. The van der Waals surface area contributed by atoms with Crippen LogP contribution in [-0.2, 0) is 0 Å². The van der Waals surface area contributed by atoms with Gasteiger partial charge in [-0.15, -0.1) is 24.0 Å². The Hall–Kier alpha value is 0. The first kappa shape index (κ1) is 19.3. The van der Waals surface area contributed by atoms with E-state index in [1.807, 2.05) is 7.05 Å². The number of halogens is 1. The Morgan fingerprint density at radius 3 is 2.35 bits per heavy atom. The highest BCUT2D eigenvalue weighted by Crippen LogP contribution is 2.10. The number of nitrogens with one attached hydrogen (secondary N) is 2. The molecule has 0 aromatic rings.